The first-order valence-electron chi connectivity index (χ1n) is 5.02. The van der Waals surface area contributed by atoms with E-state index in [-0.39, 0.29) is 0 Å². The molecule has 2 N–H and O–H groups in total. The van der Waals surface area contributed by atoms with Crippen molar-refractivity contribution in [2.75, 3.05) is 26.2 Å². The highest BCUT2D eigenvalue weighted by Crippen LogP contribution is 2.10. The lowest BCUT2D eigenvalue weighted by atomic mass is 10.0. The van der Waals surface area contributed by atoms with E-state index in [1.165, 1.54) is 0 Å². The van der Waals surface area contributed by atoms with Gasteiger partial charge in [-0.3, -0.25) is 0 Å². The average Bonchev–Trinajstić information content (AvgIpc) is 2.21. The SMILES string of the molecule is C1CC2OCCNC2CN1.CC. The normalized spacial score (nSPS) is 34.5. The maximum atomic E-state index is 5.58. The second-order valence-corrected chi connectivity index (χ2v) is 2.96. The minimum Gasteiger partial charge on any atom is -0.375 e. The van der Waals surface area contributed by atoms with Crippen LogP contribution >= 0.6 is 0 Å². The number of hydrogen-bond donors (Lipinski definition) is 2. The van der Waals surface area contributed by atoms with E-state index >= 15 is 0 Å². The van der Waals surface area contributed by atoms with Crippen molar-refractivity contribution < 1.29 is 4.74 Å². The highest BCUT2D eigenvalue weighted by Gasteiger charge is 2.27. The summed E-state index contributed by atoms with van der Waals surface area (Å²) in [6.45, 7) is 8.09. The highest BCUT2D eigenvalue weighted by molar-refractivity contribution is 4.86. The molecule has 2 aliphatic heterocycles. The van der Waals surface area contributed by atoms with Crippen LogP contribution in [-0.2, 0) is 4.74 Å². The molecule has 0 aromatic carbocycles. The third-order valence-corrected chi connectivity index (χ3v) is 2.26. The summed E-state index contributed by atoms with van der Waals surface area (Å²) in [4.78, 5) is 0. The van der Waals surface area contributed by atoms with Gasteiger partial charge in [0.25, 0.3) is 0 Å². The van der Waals surface area contributed by atoms with Gasteiger partial charge in [0, 0.05) is 19.1 Å². The molecule has 72 valence electrons. The summed E-state index contributed by atoms with van der Waals surface area (Å²) < 4.78 is 5.58. The quantitative estimate of drug-likeness (QED) is 0.553. The van der Waals surface area contributed by atoms with Crippen LogP contribution < -0.4 is 10.6 Å². The van der Waals surface area contributed by atoms with Crippen molar-refractivity contribution in [3.8, 4) is 0 Å². The summed E-state index contributed by atoms with van der Waals surface area (Å²) in [6.07, 6.45) is 1.65. The molecular formula is C9H20N2O. The summed E-state index contributed by atoms with van der Waals surface area (Å²) in [5.74, 6) is 0. The number of nitrogens with one attached hydrogen (secondary N) is 2. The Kier molecular flexibility index (Phi) is 4.58. The monoisotopic (exact) mass is 172 g/mol. The number of rotatable bonds is 0. The second-order valence-electron chi connectivity index (χ2n) is 2.96. The minimum atomic E-state index is 0.481. The molecule has 0 radical (unpaired) electrons. The van der Waals surface area contributed by atoms with Crippen molar-refractivity contribution >= 4 is 0 Å². The van der Waals surface area contributed by atoms with Crippen LogP contribution in [0.5, 0.6) is 0 Å². The molecule has 2 saturated heterocycles. The second kappa shape index (κ2) is 5.51. The Morgan fingerprint density at radius 3 is 2.83 bits per heavy atom. The van der Waals surface area contributed by atoms with Gasteiger partial charge in [0.1, 0.15) is 0 Å². The molecule has 2 unspecified atom stereocenters. The number of morpholine rings is 1. The maximum Gasteiger partial charge on any atom is 0.0753 e. The number of ether oxygens (including phenoxy) is 1. The van der Waals surface area contributed by atoms with Crippen LogP contribution in [0.15, 0.2) is 0 Å². The standard InChI is InChI=1S/C7H14N2O.C2H6/c1-2-8-5-6-7(1)10-4-3-9-6;1-2/h6-9H,1-5H2;1-2H3. The number of fused-ring (bicyclic) bond motifs is 1. The molecule has 0 aromatic rings. The van der Waals surface area contributed by atoms with Gasteiger partial charge < -0.3 is 15.4 Å². The molecule has 2 atom stereocenters. The van der Waals surface area contributed by atoms with Gasteiger partial charge in [0.15, 0.2) is 0 Å². The Morgan fingerprint density at radius 2 is 2.08 bits per heavy atom. The molecule has 0 bridgehead atoms. The topological polar surface area (TPSA) is 33.3 Å². The largest absolute Gasteiger partial charge is 0.375 e. The Hall–Kier alpha value is -0.120. The fraction of sp³-hybridized carbons (Fsp3) is 1.00. The smallest absolute Gasteiger partial charge is 0.0753 e. The lowest BCUT2D eigenvalue weighted by Gasteiger charge is -2.36. The molecule has 2 aliphatic rings. The van der Waals surface area contributed by atoms with Crippen molar-refractivity contribution in [3.05, 3.63) is 0 Å². The number of hydrogen-bond acceptors (Lipinski definition) is 3. The van der Waals surface area contributed by atoms with Crippen LogP contribution in [0.1, 0.15) is 20.3 Å². The molecule has 3 nitrogen and oxygen atoms in total. The van der Waals surface area contributed by atoms with Crippen molar-refractivity contribution in [2.24, 2.45) is 0 Å². The lowest BCUT2D eigenvalue weighted by molar-refractivity contribution is -0.0180. The lowest BCUT2D eigenvalue weighted by Crippen LogP contribution is -2.57. The molecule has 0 saturated carbocycles. The third-order valence-electron chi connectivity index (χ3n) is 2.26. The van der Waals surface area contributed by atoms with Crippen molar-refractivity contribution in [2.45, 2.75) is 32.4 Å². The Bertz CT molecular complexity index is 93.1. The molecule has 0 amide bonds. The van der Waals surface area contributed by atoms with Crippen LogP contribution in [-0.4, -0.2) is 38.4 Å². The molecule has 2 rings (SSSR count). The summed E-state index contributed by atoms with van der Waals surface area (Å²) in [5, 5.41) is 6.77. The Labute approximate surface area is 74.9 Å². The molecule has 0 aliphatic carbocycles. The van der Waals surface area contributed by atoms with Gasteiger partial charge in [0.2, 0.25) is 0 Å². The van der Waals surface area contributed by atoms with Gasteiger partial charge in [-0.25, -0.2) is 0 Å². The first-order chi connectivity index (χ1) is 5.97. The highest BCUT2D eigenvalue weighted by atomic mass is 16.5. The fourth-order valence-electron chi connectivity index (χ4n) is 1.69. The first-order valence-corrected chi connectivity index (χ1v) is 5.02. The van der Waals surface area contributed by atoms with E-state index in [9.17, 15) is 0 Å². The minimum absolute atomic E-state index is 0.481. The van der Waals surface area contributed by atoms with E-state index in [0.29, 0.717) is 12.1 Å². The van der Waals surface area contributed by atoms with E-state index in [2.05, 4.69) is 10.6 Å². The molecule has 2 fully saturated rings. The van der Waals surface area contributed by atoms with Gasteiger partial charge >= 0.3 is 0 Å². The zero-order valence-electron chi connectivity index (χ0n) is 8.10. The molecule has 3 heteroatoms. The van der Waals surface area contributed by atoms with Crippen LogP contribution in [0, 0.1) is 0 Å². The zero-order chi connectivity index (χ0) is 8.81. The molecule has 12 heavy (non-hydrogen) atoms. The van der Waals surface area contributed by atoms with Crippen molar-refractivity contribution in [3.63, 3.8) is 0 Å². The molecule has 0 aromatic heterocycles. The van der Waals surface area contributed by atoms with E-state index in [0.717, 1.165) is 32.7 Å². The predicted octanol–water partition coefficient (Wildman–Crippen LogP) is 0.363. The van der Waals surface area contributed by atoms with Crippen LogP contribution in [0.3, 0.4) is 0 Å². The fourth-order valence-corrected chi connectivity index (χ4v) is 1.69. The van der Waals surface area contributed by atoms with E-state index in [1.807, 2.05) is 13.8 Å². The van der Waals surface area contributed by atoms with E-state index in [1.54, 1.807) is 0 Å². The van der Waals surface area contributed by atoms with Crippen LogP contribution in [0.25, 0.3) is 0 Å². The zero-order valence-corrected chi connectivity index (χ0v) is 8.10. The van der Waals surface area contributed by atoms with Gasteiger partial charge in [-0.15, -0.1) is 0 Å². The molecular weight excluding hydrogens is 152 g/mol. The predicted molar refractivity (Wildman–Crippen MR) is 50.4 cm³/mol. The summed E-state index contributed by atoms with van der Waals surface area (Å²) in [7, 11) is 0. The Balaban J connectivity index is 0.000000336. The van der Waals surface area contributed by atoms with Gasteiger partial charge in [-0.05, 0) is 13.0 Å². The average molecular weight is 172 g/mol. The first kappa shape index (κ1) is 9.96. The van der Waals surface area contributed by atoms with Gasteiger partial charge in [0.05, 0.1) is 12.7 Å². The van der Waals surface area contributed by atoms with Gasteiger partial charge in [-0.2, -0.15) is 0 Å². The maximum absolute atomic E-state index is 5.58. The molecule has 0 spiro atoms. The summed E-state index contributed by atoms with van der Waals surface area (Å²) in [6, 6.07) is 0.572. The van der Waals surface area contributed by atoms with Crippen LogP contribution in [0.4, 0.5) is 0 Å². The summed E-state index contributed by atoms with van der Waals surface area (Å²) in [5.41, 5.74) is 0. The summed E-state index contributed by atoms with van der Waals surface area (Å²) >= 11 is 0. The van der Waals surface area contributed by atoms with Crippen molar-refractivity contribution in [1.82, 2.24) is 10.6 Å². The number of piperidine rings is 1. The molecule has 2 heterocycles. The van der Waals surface area contributed by atoms with Gasteiger partial charge in [-0.1, -0.05) is 13.8 Å². The van der Waals surface area contributed by atoms with E-state index in [4.69, 9.17) is 4.74 Å². The van der Waals surface area contributed by atoms with Crippen molar-refractivity contribution in [1.29, 1.82) is 0 Å². The Morgan fingerprint density at radius 1 is 1.25 bits per heavy atom. The van der Waals surface area contributed by atoms with E-state index < -0.39 is 0 Å². The van der Waals surface area contributed by atoms with Crippen LogP contribution in [0.2, 0.25) is 0 Å². The third kappa shape index (κ3) is 2.44.